The lowest BCUT2D eigenvalue weighted by molar-refractivity contribution is 0.0555. The van der Waals surface area contributed by atoms with Gasteiger partial charge < -0.3 is 14.5 Å². The minimum atomic E-state index is -0.579. The van der Waals surface area contributed by atoms with Crippen LogP contribution in [-0.2, 0) is 0 Å². The van der Waals surface area contributed by atoms with Gasteiger partial charge in [-0.15, -0.1) is 0 Å². The van der Waals surface area contributed by atoms with Crippen molar-refractivity contribution < 1.29 is 22.7 Å². The first-order chi connectivity index (χ1) is 18.9. The largest absolute Gasteiger partial charge is 0.490 e. The average Bonchev–Trinajstić information content (AvgIpc) is 2.95. The SMILES string of the molecule is C=CCOc1ccc2oc(C(=O)NN3CCNCC3C(c3ccc(F)cc3)c3ccc(F)cc3)cc(=O)c2c1. The number of hydrogen-bond donors (Lipinski definition) is 2. The maximum Gasteiger partial charge on any atom is 0.301 e. The summed E-state index contributed by atoms with van der Waals surface area (Å²) in [7, 11) is 0. The van der Waals surface area contributed by atoms with E-state index in [-0.39, 0.29) is 40.4 Å². The zero-order valence-electron chi connectivity index (χ0n) is 21.0. The first-order valence-corrected chi connectivity index (χ1v) is 12.5. The second-order valence-electron chi connectivity index (χ2n) is 9.22. The van der Waals surface area contributed by atoms with Crippen LogP contribution in [0.3, 0.4) is 0 Å². The van der Waals surface area contributed by atoms with Gasteiger partial charge >= 0.3 is 5.91 Å². The number of hydrazine groups is 1. The third kappa shape index (κ3) is 5.89. The Hall–Kier alpha value is -4.34. The molecule has 2 N–H and O–H groups in total. The number of rotatable bonds is 8. The molecule has 1 unspecified atom stereocenters. The van der Waals surface area contributed by atoms with Crippen LogP contribution < -0.4 is 20.9 Å². The summed E-state index contributed by atoms with van der Waals surface area (Å²) in [5.41, 5.74) is 4.39. The number of ether oxygens (including phenoxy) is 1. The fraction of sp³-hybridized carbons (Fsp3) is 0.200. The molecule has 4 aromatic rings. The van der Waals surface area contributed by atoms with Gasteiger partial charge in [-0.1, -0.05) is 36.9 Å². The third-order valence-electron chi connectivity index (χ3n) is 6.66. The Labute approximate surface area is 223 Å². The molecule has 5 rings (SSSR count). The molecule has 1 aliphatic rings. The lowest BCUT2D eigenvalue weighted by atomic mass is 9.84. The second kappa shape index (κ2) is 11.6. The Morgan fingerprint density at radius 1 is 1.08 bits per heavy atom. The molecule has 9 heteroatoms. The molecule has 1 amide bonds. The topological polar surface area (TPSA) is 83.8 Å². The number of fused-ring (bicyclic) bond motifs is 1. The van der Waals surface area contributed by atoms with Crippen molar-refractivity contribution in [2.24, 2.45) is 0 Å². The van der Waals surface area contributed by atoms with Crippen LogP contribution in [0.25, 0.3) is 11.0 Å². The number of carbonyl (C=O) groups is 1. The molecule has 1 aromatic heterocycles. The van der Waals surface area contributed by atoms with E-state index in [1.54, 1.807) is 53.5 Å². The molecule has 1 aliphatic heterocycles. The molecule has 0 saturated carbocycles. The highest BCUT2D eigenvalue weighted by Crippen LogP contribution is 2.32. The maximum atomic E-state index is 13.7. The van der Waals surface area contributed by atoms with Crippen LogP contribution in [0.5, 0.6) is 5.75 Å². The zero-order chi connectivity index (χ0) is 27.4. The Kier molecular flexibility index (Phi) is 7.81. The van der Waals surface area contributed by atoms with Gasteiger partial charge in [-0.3, -0.25) is 15.0 Å². The number of nitrogens with zero attached hydrogens (tertiary/aromatic N) is 1. The number of amides is 1. The Balaban J connectivity index is 1.44. The van der Waals surface area contributed by atoms with Gasteiger partial charge in [-0.25, -0.2) is 13.8 Å². The summed E-state index contributed by atoms with van der Waals surface area (Å²) in [6, 6.07) is 17.9. The molecular formula is C30H27F2N3O4. The van der Waals surface area contributed by atoms with Crippen molar-refractivity contribution >= 4 is 16.9 Å². The number of halogens is 2. The lowest BCUT2D eigenvalue weighted by Crippen LogP contribution is -2.60. The van der Waals surface area contributed by atoms with Gasteiger partial charge in [0.2, 0.25) is 0 Å². The lowest BCUT2D eigenvalue weighted by Gasteiger charge is -2.41. The molecule has 1 fully saturated rings. The zero-order valence-corrected chi connectivity index (χ0v) is 21.0. The second-order valence-corrected chi connectivity index (χ2v) is 9.22. The van der Waals surface area contributed by atoms with Crippen molar-refractivity contribution in [2.75, 3.05) is 26.2 Å². The van der Waals surface area contributed by atoms with Gasteiger partial charge in [-0.05, 0) is 53.6 Å². The summed E-state index contributed by atoms with van der Waals surface area (Å²) in [6.07, 6.45) is 1.60. The molecule has 39 heavy (non-hydrogen) atoms. The van der Waals surface area contributed by atoms with E-state index in [4.69, 9.17) is 9.15 Å². The van der Waals surface area contributed by atoms with E-state index < -0.39 is 5.91 Å². The van der Waals surface area contributed by atoms with Gasteiger partial charge in [0.25, 0.3) is 0 Å². The number of piperazine rings is 1. The van der Waals surface area contributed by atoms with Crippen LogP contribution >= 0.6 is 0 Å². The molecule has 2 heterocycles. The summed E-state index contributed by atoms with van der Waals surface area (Å²) < 4.78 is 38.7. The average molecular weight is 532 g/mol. The van der Waals surface area contributed by atoms with E-state index in [2.05, 4.69) is 17.3 Å². The highest BCUT2D eigenvalue weighted by atomic mass is 19.1. The van der Waals surface area contributed by atoms with Crippen LogP contribution in [0.4, 0.5) is 8.78 Å². The molecule has 0 aliphatic carbocycles. The van der Waals surface area contributed by atoms with E-state index in [9.17, 15) is 18.4 Å². The molecule has 1 atom stereocenters. The van der Waals surface area contributed by atoms with Crippen molar-refractivity contribution in [1.82, 2.24) is 15.8 Å². The van der Waals surface area contributed by atoms with Gasteiger partial charge in [0.1, 0.15) is 29.6 Å². The third-order valence-corrected chi connectivity index (χ3v) is 6.66. The molecule has 3 aromatic carbocycles. The van der Waals surface area contributed by atoms with E-state index in [0.717, 1.165) is 17.2 Å². The number of carbonyl (C=O) groups excluding carboxylic acids is 1. The van der Waals surface area contributed by atoms with E-state index in [1.165, 1.54) is 24.3 Å². The van der Waals surface area contributed by atoms with Crippen LogP contribution in [0, 0.1) is 11.6 Å². The Bertz CT molecular complexity index is 1490. The molecule has 7 nitrogen and oxygen atoms in total. The molecule has 0 spiro atoms. The van der Waals surface area contributed by atoms with E-state index in [0.29, 0.717) is 37.4 Å². The van der Waals surface area contributed by atoms with Crippen molar-refractivity contribution in [3.05, 3.63) is 124 Å². The molecule has 0 radical (unpaired) electrons. The van der Waals surface area contributed by atoms with Gasteiger partial charge in [0.15, 0.2) is 11.2 Å². The van der Waals surface area contributed by atoms with Crippen LogP contribution in [0.15, 0.2) is 94.7 Å². The van der Waals surface area contributed by atoms with Crippen molar-refractivity contribution in [1.29, 1.82) is 0 Å². The van der Waals surface area contributed by atoms with E-state index in [1.807, 2.05) is 0 Å². The van der Waals surface area contributed by atoms with Gasteiger partial charge in [0, 0.05) is 31.6 Å². The Morgan fingerprint density at radius 2 is 1.74 bits per heavy atom. The predicted octanol–water partition coefficient (Wildman–Crippen LogP) is 4.39. The smallest absolute Gasteiger partial charge is 0.301 e. The first kappa shape index (κ1) is 26.3. The normalized spacial score (nSPS) is 15.8. The number of benzene rings is 3. The number of hydrogen-bond acceptors (Lipinski definition) is 6. The van der Waals surface area contributed by atoms with Crippen molar-refractivity contribution in [2.45, 2.75) is 12.0 Å². The number of nitrogens with one attached hydrogen (secondary N) is 2. The van der Waals surface area contributed by atoms with Crippen molar-refractivity contribution in [3.63, 3.8) is 0 Å². The highest BCUT2D eigenvalue weighted by molar-refractivity contribution is 5.93. The summed E-state index contributed by atoms with van der Waals surface area (Å²) in [5, 5.41) is 5.42. The molecule has 1 saturated heterocycles. The summed E-state index contributed by atoms with van der Waals surface area (Å²) in [5.74, 6) is -1.28. The minimum Gasteiger partial charge on any atom is -0.490 e. The summed E-state index contributed by atoms with van der Waals surface area (Å²) in [6.45, 7) is 5.45. The minimum absolute atomic E-state index is 0.135. The van der Waals surface area contributed by atoms with Crippen LogP contribution in [0.2, 0.25) is 0 Å². The van der Waals surface area contributed by atoms with E-state index >= 15 is 0 Å². The van der Waals surface area contributed by atoms with Crippen LogP contribution in [0.1, 0.15) is 27.6 Å². The quantitative estimate of drug-likeness (QED) is 0.328. The van der Waals surface area contributed by atoms with Crippen LogP contribution in [-0.4, -0.2) is 43.2 Å². The van der Waals surface area contributed by atoms with Gasteiger partial charge in [0.05, 0.1) is 11.4 Å². The monoisotopic (exact) mass is 531 g/mol. The Morgan fingerprint density at radius 3 is 2.38 bits per heavy atom. The standard InChI is InChI=1S/C30H27F2N3O4/c1-2-15-38-23-11-12-27-24(16-23)26(36)17-28(39-27)30(37)34-35-14-13-33-18-25(35)29(19-3-7-21(31)8-4-19)20-5-9-22(32)10-6-20/h2-12,16-17,25,29,33H,1,13-15,18H2,(H,34,37). The predicted molar refractivity (Wildman–Crippen MR) is 144 cm³/mol. The molecule has 0 bridgehead atoms. The fourth-order valence-electron chi connectivity index (χ4n) is 4.82. The molecular weight excluding hydrogens is 504 g/mol. The summed E-state index contributed by atoms with van der Waals surface area (Å²) in [4.78, 5) is 26.1. The maximum absolute atomic E-state index is 13.7. The fourth-order valence-corrected chi connectivity index (χ4v) is 4.82. The summed E-state index contributed by atoms with van der Waals surface area (Å²) >= 11 is 0. The van der Waals surface area contributed by atoms with Gasteiger partial charge in [-0.2, -0.15) is 0 Å². The van der Waals surface area contributed by atoms with Crippen molar-refractivity contribution in [3.8, 4) is 5.75 Å². The highest BCUT2D eigenvalue weighted by Gasteiger charge is 2.34. The molecule has 200 valence electrons. The first-order valence-electron chi connectivity index (χ1n) is 12.5.